The second-order valence-corrected chi connectivity index (χ2v) is 5.35. The van der Waals surface area contributed by atoms with E-state index in [1.54, 1.807) is 6.33 Å². The molecule has 1 aliphatic heterocycles. The van der Waals surface area contributed by atoms with E-state index in [4.69, 9.17) is 10.5 Å². The van der Waals surface area contributed by atoms with E-state index in [0.717, 1.165) is 51.5 Å². The van der Waals surface area contributed by atoms with Gasteiger partial charge in [0.05, 0.1) is 6.10 Å². The van der Waals surface area contributed by atoms with Crippen LogP contribution in [0, 0.1) is 0 Å². The van der Waals surface area contributed by atoms with Gasteiger partial charge >= 0.3 is 0 Å². The van der Waals surface area contributed by atoms with E-state index in [9.17, 15) is 0 Å². The Hall–Kier alpha value is -1.40. The molecule has 0 aromatic carbocycles. The van der Waals surface area contributed by atoms with Crippen molar-refractivity contribution in [2.45, 2.75) is 26.4 Å². The Labute approximate surface area is 120 Å². The first kappa shape index (κ1) is 15.0. The predicted octanol–water partition coefficient (Wildman–Crippen LogP) is 0.735. The average Bonchev–Trinajstić information content (AvgIpc) is 2.64. The minimum absolute atomic E-state index is 0.127. The fourth-order valence-corrected chi connectivity index (χ4v) is 2.41. The molecule has 0 saturated carbocycles. The third-order valence-electron chi connectivity index (χ3n) is 3.34. The summed E-state index contributed by atoms with van der Waals surface area (Å²) >= 11 is 0. The Morgan fingerprint density at radius 2 is 2.10 bits per heavy atom. The molecule has 2 N–H and O–H groups in total. The molecule has 2 heterocycles. The van der Waals surface area contributed by atoms with Crippen LogP contribution in [0.4, 0.5) is 5.82 Å². The molecular formula is C14H25N5O. The van der Waals surface area contributed by atoms with Crippen molar-refractivity contribution in [1.82, 2.24) is 14.9 Å². The van der Waals surface area contributed by atoms with E-state index in [0.29, 0.717) is 5.88 Å². The molecule has 112 valence electrons. The van der Waals surface area contributed by atoms with Crippen molar-refractivity contribution >= 4 is 5.82 Å². The summed E-state index contributed by atoms with van der Waals surface area (Å²) in [5.74, 6) is 1.60. The molecule has 1 aliphatic rings. The number of aromatic nitrogens is 2. The van der Waals surface area contributed by atoms with Crippen LogP contribution in [0.5, 0.6) is 5.88 Å². The zero-order valence-electron chi connectivity index (χ0n) is 12.5. The zero-order chi connectivity index (χ0) is 14.4. The summed E-state index contributed by atoms with van der Waals surface area (Å²) < 4.78 is 5.63. The molecule has 0 spiro atoms. The van der Waals surface area contributed by atoms with Crippen LogP contribution in [0.1, 0.15) is 20.3 Å². The van der Waals surface area contributed by atoms with Gasteiger partial charge in [-0.2, -0.15) is 0 Å². The van der Waals surface area contributed by atoms with E-state index < -0.39 is 0 Å². The molecule has 1 aromatic rings. The van der Waals surface area contributed by atoms with Gasteiger partial charge in [0.1, 0.15) is 12.1 Å². The standard InChI is InChI=1S/C14H25N5O/c1-12(2)20-14-10-13(16-11-17-14)19-6-3-5-18(7-4-15)8-9-19/h10-12H,3-9,15H2,1-2H3. The van der Waals surface area contributed by atoms with Gasteiger partial charge in [0.2, 0.25) is 5.88 Å². The first-order chi connectivity index (χ1) is 9.69. The zero-order valence-corrected chi connectivity index (χ0v) is 12.5. The first-order valence-electron chi connectivity index (χ1n) is 7.35. The maximum Gasteiger partial charge on any atom is 0.218 e. The first-order valence-corrected chi connectivity index (χ1v) is 7.35. The van der Waals surface area contributed by atoms with Crippen molar-refractivity contribution in [2.24, 2.45) is 5.73 Å². The smallest absolute Gasteiger partial charge is 0.218 e. The normalized spacial score (nSPS) is 17.3. The minimum atomic E-state index is 0.127. The predicted molar refractivity (Wildman–Crippen MR) is 80.1 cm³/mol. The van der Waals surface area contributed by atoms with Crippen molar-refractivity contribution in [3.63, 3.8) is 0 Å². The van der Waals surface area contributed by atoms with Crippen LogP contribution in [0.2, 0.25) is 0 Å². The van der Waals surface area contributed by atoms with E-state index >= 15 is 0 Å². The van der Waals surface area contributed by atoms with Gasteiger partial charge in [-0.15, -0.1) is 0 Å². The Morgan fingerprint density at radius 1 is 1.25 bits per heavy atom. The summed E-state index contributed by atoms with van der Waals surface area (Å²) in [6.45, 7) is 9.81. The highest BCUT2D eigenvalue weighted by Gasteiger charge is 2.16. The van der Waals surface area contributed by atoms with Crippen LogP contribution in [0.15, 0.2) is 12.4 Å². The number of ether oxygens (including phenoxy) is 1. The fourth-order valence-electron chi connectivity index (χ4n) is 2.41. The van der Waals surface area contributed by atoms with Crippen molar-refractivity contribution < 1.29 is 4.74 Å². The van der Waals surface area contributed by atoms with E-state index in [1.165, 1.54) is 0 Å². The third kappa shape index (κ3) is 4.31. The van der Waals surface area contributed by atoms with Gasteiger partial charge in [0.25, 0.3) is 0 Å². The second-order valence-electron chi connectivity index (χ2n) is 5.35. The SMILES string of the molecule is CC(C)Oc1cc(N2CCCN(CCN)CC2)ncn1. The molecule has 1 aromatic heterocycles. The van der Waals surface area contributed by atoms with Gasteiger partial charge in [-0.05, 0) is 26.8 Å². The molecule has 1 saturated heterocycles. The summed E-state index contributed by atoms with van der Waals surface area (Å²) in [5, 5.41) is 0. The highest BCUT2D eigenvalue weighted by Crippen LogP contribution is 2.18. The average molecular weight is 279 g/mol. The Balaban J connectivity index is 2.00. The largest absolute Gasteiger partial charge is 0.475 e. The summed E-state index contributed by atoms with van der Waals surface area (Å²) in [7, 11) is 0. The molecule has 0 amide bonds. The lowest BCUT2D eigenvalue weighted by molar-refractivity contribution is 0.232. The van der Waals surface area contributed by atoms with Crippen molar-refractivity contribution in [3.05, 3.63) is 12.4 Å². The van der Waals surface area contributed by atoms with Crippen molar-refractivity contribution in [3.8, 4) is 5.88 Å². The molecular weight excluding hydrogens is 254 g/mol. The van der Waals surface area contributed by atoms with Crippen LogP contribution in [-0.2, 0) is 0 Å². The van der Waals surface area contributed by atoms with Crippen LogP contribution < -0.4 is 15.4 Å². The van der Waals surface area contributed by atoms with Crippen molar-refractivity contribution in [2.75, 3.05) is 44.2 Å². The van der Waals surface area contributed by atoms with E-state index in [1.807, 2.05) is 19.9 Å². The number of anilines is 1. The molecule has 20 heavy (non-hydrogen) atoms. The van der Waals surface area contributed by atoms with Crippen LogP contribution in [0.3, 0.4) is 0 Å². The molecule has 0 bridgehead atoms. The van der Waals surface area contributed by atoms with Gasteiger partial charge in [-0.1, -0.05) is 0 Å². The maximum absolute atomic E-state index is 5.63. The van der Waals surface area contributed by atoms with Crippen LogP contribution in [-0.4, -0.2) is 60.2 Å². The van der Waals surface area contributed by atoms with Gasteiger partial charge < -0.3 is 20.3 Å². The summed E-state index contributed by atoms with van der Waals surface area (Å²) in [6, 6.07) is 1.93. The van der Waals surface area contributed by atoms with Gasteiger partial charge in [-0.25, -0.2) is 9.97 Å². The third-order valence-corrected chi connectivity index (χ3v) is 3.34. The van der Waals surface area contributed by atoms with Gasteiger partial charge in [-0.3, -0.25) is 0 Å². The Morgan fingerprint density at radius 3 is 2.85 bits per heavy atom. The monoisotopic (exact) mass is 279 g/mol. The van der Waals surface area contributed by atoms with Gasteiger partial charge in [0, 0.05) is 38.8 Å². The number of nitrogens with two attached hydrogens (primary N) is 1. The summed E-state index contributed by atoms with van der Waals surface area (Å²) in [4.78, 5) is 13.2. The number of hydrogen-bond acceptors (Lipinski definition) is 6. The lowest BCUT2D eigenvalue weighted by Gasteiger charge is -2.22. The topological polar surface area (TPSA) is 67.5 Å². The molecule has 0 aliphatic carbocycles. The molecule has 1 fully saturated rings. The van der Waals surface area contributed by atoms with Crippen molar-refractivity contribution in [1.29, 1.82) is 0 Å². The fraction of sp³-hybridized carbons (Fsp3) is 0.714. The Bertz CT molecular complexity index is 412. The molecule has 0 radical (unpaired) electrons. The molecule has 6 nitrogen and oxygen atoms in total. The summed E-state index contributed by atoms with van der Waals surface area (Å²) in [5.41, 5.74) is 5.63. The number of rotatable bonds is 5. The van der Waals surface area contributed by atoms with Crippen LogP contribution in [0.25, 0.3) is 0 Å². The molecule has 0 unspecified atom stereocenters. The number of hydrogen-bond donors (Lipinski definition) is 1. The van der Waals surface area contributed by atoms with E-state index in [2.05, 4.69) is 19.8 Å². The molecule has 2 rings (SSSR count). The second kappa shape index (κ2) is 7.40. The lowest BCUT2D eigenvalue weighted by Crippen LogP contribution is -2.34. The highest BCUT2D eigenvalue weighted by molar-refractivity contribution is 5.41. The van der Waals surface area contributed by atoms with Crippen LogP contribution >= 0.6 is 0 Å². The van der Waals surface area contributed by atoms with E-state index in [-0.39, 0.29) is 6.10 Å². The quantitative estimate of drug-likeness (QED) is 0.857. The van der Waals surface area contributed by atoms with Gasteiger partial charge in [0.15, 0.2) is 0 Å². The molecule has 6 heteroatoms. The minimum Gasteiger partial charge on any atom is -0.475 e. The summed E-state index contributed by atoms with van der Waals surface area (Å²) in [6.07, 6.45) is 2.84. The maximum atomic E-state index is 5.63. The molecule has 0 atom stereocenters. The lowest BCUT2D eigenvalue weighted by atomic mass is 10.3. The number of nitrogens with zero attached hydrogens (tertiary/aromatic N) is 4. The Kier molecular flexibility index (Phi) is 5.55. The highest BCUT2D eigenvalue weighted by atomic mass is 16.5.